The summed E-state index contributed by atoms with van der Waals surface area (Å²) < 4.78 is 6.71. The number of nitrogens with zero attached hydrogens (tertiary/aromatic N) is 3. The summed E-state index contributed by atoms with van der Waals surface area (Å²) in [5, 5.41) is 3.92. The predicted octanol–water partition coefficient (Wildman–Crippen LogP) is 4.46. The summed E-state index contributed by atoms with van der Waals surface area (Å²) in [6.45, 7) is 0.866. The molecule has 9 nitrogen and oxygen atoms in total. The zero-order valence-corrected chi connectivity index (χ0v) is 23.0. The molecule has 3 aromatic carbocycles. The van der Waals surface area contributed by atoms with E-state index in [2.05, 4.69) is 5.32 Å². The van der Waals surface area contributed by atoms with Crippen molar-refractivity contribution in [2.45, 2.75) is 19.5 Å². The van der Waals surface area contributed by atoms with Crippen LogP contribution in [-0.2, 0) is 19.5 Å². The van der Waals surface area contributed by atoms with Gasteiger partial charge in [0.1, 0.15) is 5.75 Å². The van der Waals surface area contributed by atoms with E-state index in [1.165, 1.54) is 10.6 Å². The second-order valence-electron chi connectivity index (χ2n) is 9.22. The van der Waals surface area contributed by atoms with E-state index in [1.54, 1.807) is 48.4 Å². The Labute approximate surface area is 240 Å². The third-order valence-corrected chi connectivity index (χ3v) is 7.45. The van der Waals surface area contributed by atoms with Crippen LogP contribution in [0.2, 0.25) is 10.0 Å². The van der Waals surface area contributed by atoms with E-state index in [0.29, 0.717) is 63.6 Å². The number of carbonyl (C=O) groups is 2. The molecule has 11 heteroatoms. The Kier molecular flexibility index (Phi) is 7.77. The van der Waals surface area contributed by atoms with Gasteiger partial charge in [-0.2, -0.15) is 0 Å². The maximum Gasteiger partial charge on any atom is 0.263 e. The lowest BCUT2D eigenvalue weighted by Gasteiger charge is -2.29. The third-order valence-electron chi connectivity index (χ3n) is 6.71. The zero-order valence-electron chi connectivity index (χ0n) is 21.5. The summed E-state index contributed by atoms with van der Waals surface area (Å²) in [4.78, 5) is 45.1. The number of nitrogens with one attached hydrogen (secondary N) is 1. The lowest BCUT2D eigenvalue weighted by atomic mass is 10.0. The van der Waals surface area contributed by atoms with Crippen LogP contribution < -0.4 is 21.3 Å². The maximum absolute atomic E-state index is 13.8. The molecule has 204 valence electrons. The molecule has 1 aliphatic rings. The number of anilines is 1. The molecular weight excluding hydrogens is 553 g/mol. The minimum Gasteiger partial charge on any atom is -0.497 e. The van der Waals surface area contributed by atoms with Crippen LogP contribution in [0.1, 0.15) is 37.5 Å². The van der Waals surface area contributed by atoms with E-state index in [0.717, 1.165) is 11.3 Å². The van der Waals surface area contributed by atoms with Crippen LogP contribution in [-0.4, -0.2) is 39.9 Å². The highest BCUT2D eigenvalue weighted by atomic mass is 35.5. The molecule has 0 radical (unpaired) electrons. The molecule has 2 heterocycles. The first-order valence-electron chi connectivity index (χ1n) is 12.4. The largest absolute Gasteiger partial charge is 0.497 e. The van der Waals surface area contributed by atoms with E-state index in [9.17, 15) is 14.4 Å². The second-order valence-corrected chi connectivity index (χ2v) is 10.0. The number of benzene rings is 3. The predicted molar refractivity (Wildman–Crippen MR) is 154 cm³/mol. The highest BCUT2D eigenvalue weighted by Gasteiger charge is 2.27. The SMILES string of the molecule is COc1ccc(CNc2nc3c(c(=O)n2-c2ccc(C(N)=O)cc2)CCN(C(=O)c2ccc(Cl)c(Cl)c2)C3)cc1. The van der Waals surface area contributed by atoms with Crippen molar-refractivity contribution in [3.8, 4) is 11.4 Å². The van der Waals surface area contributed by atoms with Crippen LogP contribution in [0.5, 0.6) is 5.75 Å². The first-order chi connectivity index (χ1) is 19.2. The molecule has 0 fully saturated rings. The molecule has 5 rings (SSSR count). The molecule has 4 aromatic rings. The fourth-order valence-electron chi connectivity index (χ4n) is 4.53. The number of hydrogen-bond donors (Lipinski definition) is 2. The average molecular weight is 578 g/mol. The van der Waals surface area contributed by atoms with Crippen molar-refractivity contribution in [2.75, 3.05) is 19.0 Å². The summed E-state index contributed by atoms with van der Waals surface area (Å²) in [6.07, 6.45) is 0.326. The van der Waals surface area contributed by atoms with Gasteiger partial charge in [-0.05, 0) is 66.6 Å². The second kappa shape index (κ2) is 11.4. The van der Waals surface area contributed by atoms with E-state index in [1.807, 2.05) is 24.3 Å². The van der Waals surface area contributed by atoms with Crippen LogP contribution in [0, 0.1) is 0 Å². The number of fused-ring (bicyclic) bond motifs is 1. The van der Waals surface area contributed by atoms with Crippen LogP contribution in [0.3, 0.4) is 0 Å². The molecule has 40 heavy (non-hydrogen) atoms. The number of carbonyl (C=O) groups excluding carboxylic acids is 2. The van der Waals surface area contributed by atoms with Gasteiger partial charge in [-0.15, -0.1) is 0 Å². The molecule has 0 bridgehead atoms. The summed E-state index contributed by atoms with van der Waals surface area (Å²) in [5.74, 6) is 0.237. The number of methoxy groups -OCH3 is 1. The Hall–Kier alpha value is -4.34. The molecular formula is C29H25Cl2N5O4. The summed E-state index contributed by atoms with van der Waals surface area (Å²) in [6, 6.07) is 18.7. The van der Waals surface area contributed by atoms with Gasteiger partial charge in [-0.1, -0.05) is 35.3 Å². The molecule has 0 spiro atoms. The molecule has 0 saturated heterocycles. The first-order valence-corrected chi connectivity index (χ1v) is 13.2. The fraction of sp³-hybridized carbons (Fsp3) is 0.172. The van der Waals surface area contributed by atoms with Crippen LogP contribution in [0.25, 0.3) is 5.69 Å². The lowest BCUT2D eigenvalue weighted by molar-refractivity contribution is 0.0731. The van der Waals surface area contributed by atoms with Crippen molar-refractivity contribution in [1.82, 2.24) is 14.5 Å². The fourth-order valence-corrected chi connectivity index (χ4v) is 4.83. The maximum atomic E-state index is 13.8. The van der Waals surface area contributed by atoms with Gasteiger partial charge in [0.15, 0.2) is 0 Å². The van der Waals surface area contributed by atoms with Crippen LogP contribution in [0.15, 0.2) is 71.5 Å². The van der Waals surface area contributed by atoms with Gasteiger partial charge in [-0.25, -0.2) is 9.55 Å². The summed E-state index contributed by atoms with van der Waals surface area (Å²) in [7, 11) is 1.60. The van der Waals surface area contributed by atoms with Crippen molar-refractivity contribution >= 4 is 41.0 Å². The van der Waals surface area contributed by atoms with Crippen LogP contribution in [0.4, 0.5) is 5.95 Å². The minimum absolute atomic E-state index is 0.155. The number of ether oxygens (including phenoxy) is 1. The number of aromatic nitrogens is 2. The number of halogens is 2. The van der Waals surface area contributed by atoms with E-state index < -0.39 is 5.91 Å². The average Bonchev–Trinajstić information content (AvgIpc) is 2.97. The van der Waals surface area contributed by atoms with Gasteiger partial charge in [-0.3, -0.25) is 14.4 Å². The lowest BCUT2D eigenvalue weighted by Crippen LogP contribution is -2.40. The first kappa shape index (κ1) is 27.2. The number of amides is 2. The molecule has 3 N–H and O–H groups in total. The molecule has 1 aromatic heterocycles. The molecule has 1 aliphatic heterocycles. The van der Waals surface area contributed by atoms with Gasteiger partial charge in [0.05, 0.1) is 35.1 Å². The summed E-state index contributed by atoms with van der Waals surface area (Å²) >= 11 is 12.1. The van der Waals surface area contributed by atoms with Gasteiger partial charge in [0, 0.05) is 29.8 Å². The number of rotatable bonds is 7. The number of primary amides is 1. The van der Waals surface area contributed by atoms with Gasteiger partial charge >= 0.3 is 0 Å². The third kappa shape index (κ3) is 5.52. The Balaban J connectivity index is 1.51. The molecule has 0 atom stereocenters. The van der Waals surface area contributed by atoms with Gasteiger partial charge in [0.2, 0.25) is 11.9 Å². The van der Waals surface area contributed by atoms with Gasteiger partial charge < -0.3 is 20.7 Å². The zero-order chi connectivity index (χ0) is 28.4. The Morgan fingerprint density at radius 2 is 1.70 bits per heavy atom. The monoisotopic (exact) mass is 577 g/mol. The summed E-state index contributed by atoms with van der Waals surface area (Å²) in [5.41, 5.74) is 8.36. The van der Waals surface area contributed by atoms with Crippen LogP contribution >= 0.6 is 23.2 Å². The highest BCUT2D eigenvalue weighted by molar-refractivity contribution is 6.42. The van der Waals surface area contributed by atoms with E-state index >= 15 is 0 Å². The molecule has 0 unspecified atom stereocenters. The van der Waals surface area contributed by atoms with Crippen molar-refractivity contribution in [1.29, 1.82) is 0 Å². The van der Waals surface area contributed by atoms with Gasteiger partial charge in [0.25, 0.3) is 11.5 Å². The topological polar surface area (TPSA) is 120 Å². The quantitative estimate of drug-likeness (QED) is 0.334. The van der Waals surface area contributed by atoms with Crippen molar-refractivity contribution in [3.63, 3.8) is 0 Å². The van der Waals surface area contributed by atoms with E-state index in [-0.39, 0.29) is 18.0 Å². The highest BCUT2D eigenvalue weighted by Crippen LogP contribution is 2.26. The normalized spacial score (nSPS) is 12.5. The standard InChI is InChI=1S/C29H25Cl2N5O4/c1-40-21-9-2-17(3-10-21)15-33-29-34-25-16-35(27(38)19-6-11-23(30)24(31)14-19)13-12-22(25)28(39)36(29)20-7-4-18(5-8-20)26(32)37/h2-11,14H,12-13,15-16H2,1H3,(H2,32,37)(H,33,34). The molecule has 0 saturated carbocycles. The van der Waals surface area contributed by atoms with Crippen molar-refractivity contribution < 1.29 is 14.3 Å². The molecule has 2 amide bonds. The Morgan fingerprint density at radius 3 is 2.35 bits per heavy atom. The Bertz CT molecular complexity index is 1650. The molecule has 0 aliphatic carbocycles. The Morgan fingerprint density at radius 1 is 1.00 bits per heavy atom. The number of nitrogens with two attached hydrogens (primary N) is 1. The van der Waals surface area contributed by atoms with Crippen molar-refractivity contribution in [3.05, 3.63) is 115 Å². The minimum atomic E-state index is -0.563. The van der Waals surface area contributed by atoms with Crippen molar-refractivity contribution in [2.24, 2.45) is 5.73 Å². The number of hydrogen-bond acceptors (Lipinski definition) is 6. The van der Waals surface area contributed by atoms with E-state index in [4.69, 9.17) is 38.7 Å². The smallest absolute Gasteiger partial charge is 0.263 e.